The first-order valence-electron chi connectivity index (χ1n) is 9.76. The zero-order valence-corrected chi connectivity index (χ0v) is 17.6. The number of alkyl halides is 3. The number of amides is 1. The Morgan fingerprint density at radius 1 is 1.06 bits per heavy atom. The maximum Gasteiger partial charge on any atom is 0.416 e. The molecule has 0 saturated carbocycles. The fourth-order valence-electron chi connectivity index (χ4n) is 3.61. The fraction of sp³-hybridized carbons (Fsp3) is 0.174. The van der Waals surface area contributed by atoms with Gasteiger partial charge >= 0.3 is 6.18 Å². The van der Waals surface area contributed by atoms with E-state index < -0.39 is 17.6 Å². The van der Waals surface area contributed by atoms with Gasteiger partial charge in [0.2, 0.25) is 0 Å². The van der Waals surface area contributed by atoms with Crippen LogP contribution in [0.4, 0.5) is 24.7 Å². The third-order valence-corrected chi connectivity index (χ3v) is 5.49. The maximum absolute atomic E-state index is 13.0. The van der Waals surface area contributed by atoms with Gasteiger partial charge in [-0.1, -0.05) is 12.1 Å². The lowest BCUT2D eigenvalue weighted by atomic mass is 9.97. The number of nitrogens with one attached hydrogen (secondary N) is 2. The molecule has 164 valence electrons. The molecule has 0 atom stereocenters. The number of nitrogens with two attached hydrogens (primary N) is 1. The van der Waals surface area contributed by atoms with Gasteiger partial charge in [0.25, 0.3) is 5.91 Å². The molecule has 4 rings (SSSR count). The normalized spacial score (nSPS) is 11.7. The topological polar surface area (TPSA) is 96.7 Å². The fourth-order valence-corrected chi connectivity index (χ4v) is 3.61. The van der Waals surface area contributed by atoms with Gasteiger partial charge in [-0.2, -0.15) is 18.3 Å². The van der Waals surface area contributed by atoms with E-state index in [0.29, 0.717) is 22.8 Å². The lowest BCUT2D eigenvalue weighted by molar-refractivity contribution is -0.137. The van der Waals surface area contributed by atoms with Gasteiger partial charge < -0.3 is 11.1 Å². The number of aromatic nitrogens is 3. The van der Waals surface area contributed by atoms with E-state index in [1.807, 2.05) is 26.8 Å². The number of halogens is 3. The van der Waals surface area contributed by atoms with Gasteiger partial charge in [-0.25, -0.2) is 4.98 Å². The number of rotatable bonds is 3. The molecular formula is C23H20F3N5O. The maximum atomic E-state index is 13.0. The first kappa shape index (κ1) is 21.4. The summed E-state index contributed by atoms with van der Waals surface area (Å²) in [5.74, 6) is -0.262. The lowest BCUT2D eigenvalue weighted by Gasteiger charge is -2.14. The van der Waals surface area contributed by atoms with Crippen LogP contribution < -0.4 is 11.1 Å². The highest BCUT2D eigenvalue weighted by atomic mass is 19.4. The number of aromatic amines is 1. The smallest absolute Gasteiger partial charge is 0.382 e. The first-order valence-corrected chi connectivity index (χ1v) is 9.76. The molecule has 9 heteroatoms. The Kier molecular flexibility index (Phi) is 5.12. The second-order valence-electron chi connectivity index (χ2n) is 7.61. The van der Waals surface area contributed by atoms with Crippen molar-refractivity contribution in [2.24, 2.45) is 0 Å². The van der Waals surface area contributed by atoms with Crippen molar-refractivity contribution in [2.75, 3.05) is 11.1 Å². The Labute approximate surface area is 181 Å². The van der Waals surface area contributed by atoms with Crippen LogP contribution in [0.3, 0.4) is 0 Å². The molecule has 0 saturated heterocycles. The van der Waals surface area contributed by atoms with E-state index in [0.717, 1.165) is 39.8 Å². The molecule has 4 N–H and O–H groups in total. The van der Waals surface area contributed by atoms with Crippen molar-refractivity contribution in [3.8, 4) is 11.3 Å². The van der Waals surface area contributed by atoms with Crippen LogP contribution in [0.5, 0.6) is 0 Å². The van der Waals surface area contributed by atoms with Gasteiger partial charge in [0.15, 0.2) is 11.5 Å². The standard InChI is InChI=1S/C23H20F3N5O/c1-11-7-8-16(28-22(32)14-5-4-6-15(9-14)23(24,25)26)10-17(11)19-13(3)12(2)18-20(27)30-31-21(18)29-19/h4-10H,1-3H3,(H,28,32)(H3,27,29,30,31). The number of nitrogen functional groups attached to an aromatic ring is 1. The third-order valence-electron chi connectivity index (χ3n) is 5.49. The number of fused-ring (bicyclic) bond motifs is 1. The summed E-state index contributed by atoms with van der Waals surface area (Å²) in [7, 11) is 0. The highest BCUT2D eigenvalue weighted by Crippen LogP contribution is 2.34. The minimum Gasteiger partial charge on any atom is -0.382 e. The Hall–Kier alpha value is -3.88. The molecule has 2 aromatic heterocycles. The number of pyridine rings is 1. The molecule has 0 bridgehead atoms. The number of H-pyrrole nitrogens is 1. The summed E-state index contributed by atoms with van der Waals surface area (Å²) in [5, 5.41) is 10.3. The number of hydrogen-bond donors (Lipinski definition) is 3. The molecule has 32 heavy (non-hydrogen) atoms. The Morgan fingerprint density at radius 3 is 2.53 bits per heavy atom. The van der Waals surface area contributed by atoms with Crippen LogP contribution in [0.1, 0.15) is 32.6 Å². The van der Waals surface area contributed by atoms with Gasteiger partial charge in [0.1, 0.15) is 0 Å². The summed E-state index contributed by atoms with van der Waals surface area (Å²) in [6.45, 7) is 5.77. The van der Waals surface area contributed by atoms with E-state index in [4.69, 9.17) is 5.73 Å². The van der Waals surface area contributed by atoms with Gasteiger partial charge in [-0.05, 0) is 67.8 Å². The van der Waals surface area contributed by atoms with Crippen molar-refractivity contribution < 1.29 is 18.0 Å². The largest absolute Gasteiger partial charge is 0.416 e. The Bertz CT molecular complexity index is 1360. The van der Waals surface area contributed by atoms with Crippen LogP contribution >= 0.6 is 0 Å². The lowest BCUT2D eigenvalue weighted by Crippen LogP contribution is -2.14. The number of benzene rings is 2. The number of carbonyl (C=O) groups excluding carboxylic acids is 1. The van der Waals surface area contributed by atoms with E-state index in [-0.39, 0.29) is 5.56 Å². The van der Waals surface area contributed by atoms with Crippen LogP contribution in [0.2, 0.25) is 0 Å². The monoisotopic (exact) mass is 439 g/mol. The molecule has 0 aliphatic rings. The van der Waals surface area contributed by atoms with Gasteiger partial charge in [0.05, 0.1) is 16.6 Å². The second-order valence-corrected chi connectivity index (χ2v) is 7.61. The van der Waals surface area contributed by atoms with Crippen LogP contribution in [0, 0.1) is 20.8 Å². The van der Waals surface area contributed by atoms with Gasteiger partial charge in [0, 0.05) is 16.8 Å². The Balaban J connectivity index is 1.71. The minimum atomic E-state index is -4.52. The highest BCUT2D eigenvalue weighted by Gasteiger charge is 2.31. The predicted octanol–water partition coefficient (Wildman–Crippen LogP) is 5.40. The Morgan fingerprint density at radius 2 is 1.81 bits per heavy atom. The first-order chi connectivity index (χ1) is 15.1. The van der Waals surface area contributed by atoms with E-state index in [1.165, 1.54) is 12.1 Å². The van der Waals surface area contributed by atoms with Gasteiger partial charge in [-0.3, -0.25) is 9.89 Å². The summed E-state index contributed by atoms with van der Waals surface area (Å²) in [4.78, 5) is 17.3. The molecule has 2 heterocycles. The van der Waals surface area contributed by atoms with Crippen molar-refractivity contribution in [1.29, 1.82) is 0 Å². The molecule has 6 nitrogen and oxygen atoms in total. The molecule has 0 aliphatic heterocycles. The third kappa shape index (κ3) is 3.77. The molecule has 4 aromatic rings. The van der Waals surface area contributed by atoms with Crippen molar-refractivity contribution in [3.63, 3.8) is 0 Å². The van der Waals surface area contributed by atoms with E-state index in [9.17, 15) is 18.0 Å². The van der Waals surface area contributed by atoms with Gasteiger partial charge in [-0.15, -0.1) is 0 Å². The van der Waals surface area contributed by atoms with Crippen molar-refractivity contribution in [3.05, 3.63) is 70.3 Å². The molecule has 0 radical (unpaired) electrons. The second kappa shape index (κ2) is 7.67. The quantitative estimate of drug-likeness (QED) is 0.398. The molecular weight excluding hydrogens is 419 g/mol. The molecule has 0 fully saturated rings. The number of nitrogens with zero attached hydrogens (tertiary/aromatic N) is 2. The number of aryl methyl sites for hydroxylation is 2. The molecule has 2 aromatic carbocycles. The average molecular weight is 439 g/mol. The predicted molar refractivity (Wildman–Crippen MR) is 117 cm³/mol. The summed E-state index contributed by atoms with van der Waals surface area (Å²) in [6, 6.07) is 9.57. The molecule has 0 unspecified atom stereocenters. The number of anilines is 2. The zero-order chi connectivity index (χ0) is 23.2. The SMILES string of the molecule is Cc1ccc(NC(=O)c2cccc(C(F)(F)F)c2)cc1-c1nc2[nH]nc(N)c2c(C)c1C. The van der Waals surface area contributed by atoms with Crippen LogP contribution in [-0.4, -0.2) is 21.1 Å². The van der Waals surface area contributed by atoms with E-state index in [2.05, 4.69) is 20.5 Å². The van der Waals surface area contributed by atoms with E-state index >= 15 is 0 Å². The summed E-state index contributed by atoms with van der Waals surface area (Å²) < 4.78 is 38.9. The molecule has 0 spiro atoms. The van der Waals surface area contributed by atoms with Crippen LogP contribution in [0.25, 0.3) is 22.3 Å². The summed E-state index contributed by atoms with van der Waals surface area (Å²) in [6.07, 6.45) is -4.52. The van der Waals surface area contributed by atoms with Crippen molar-refractivity contribution in [2.45, 2.75) is 26.9 Å². The van der Waals surface area contributed by atoms with Crippen molar-refractivity contribution in [1.82, 2.24) is 15.2 Å². The summed E-state index contributed by atoms with van der Waals surface area (Å²) >= 11 is 0. The average Bonchev–Trinajstić information content (AvgIpc) is 3.12. The van der Waals surface area contributed by atoms with Crippen molar-refractivity contribution >= 4 is 28.4 Å². The highest BCUT2D eigenvalue weighted by molar-refractivity contribution is 6.04. The molecule has 0 aliphatic carbocycles. The number of hydrogen-bond acceptors (Lipinski definition) is 4. The van der Waals surface area contributed by atoms with Crippen LogP contribution in [0.15, 0.2) is 42.5 Å². The summed E-state index contributed by atoms with van der Waals surface area (Å²) in [5.41, 5.74) is 10.2. The minimum absolute atomic E-state index is 0.0820. The zero-order valence-electron chi connectivity index (χ0n) is 17.6. The number of carbonyl (C=O) groups is 1. The van der Waals surface area contributed by atoms with Crippen LogP contribution in [-0.2, 0) is 6.18 Å². The molecule has 1 amide bonds. The van der Waals surface area contributed by atoms with E-state index in [1.54, 1.807) is 12.1 Å².